The molecule has 0 bridgehead atoms. The maximum atomic E-state index is 8.81. The summed E-state index contributed by atoms with van der Waals surface area (Å²) in [5.74, 6) is 2.07. The molecule has 1 aromatic rings. The second-order valence-corrected chi connectivity index (χ2v) is 4.88. The zero-order valence-corrected chi connectivity index (χ0v) is 10.5. The van der Waals surface area contributed by atoms with Crippen LogP contribution in [0.5, 0.6) is 11.5 Å². The van der Waals surface area contributed by atoms with E-state index in [4.69, 9.17) is 14.7 Å². The topological polar surface area (TPSA) is 42.2 Å². The molecule has 0 atom stereocenters. The Morgan fingerprint density at radius 3 is 2.89 bits per heavy atom. The highest BCUT2D eigenvalue weighted by molar-refractivity contribution is 5.55. The lowest BCUT2D eigenvalue weighted by molar-refractivity contribution is 0.269. The van der Waals surface area contributed by atoms with Crippen molar-refractivity contribution in [2.75, 3.05) is 13.2 Å². The number of benzene rings is 1. The predicted octanol–water partition coefficient (Wildman–Crippen LogP) is 2.79. The Morgan fingerprint density at radius 1 is 1.17 bits per heavy atom. The number of rotatable bonds is 2. The maximum absolute atomic E-state index is 8.81. The Labute approximate surface area is 107 Å². The van der Waals surface area contributed by atoms with Gasteiger partial charge in [-0.15, -0.1) is 0 Å². The van der Waals surface area contributed by atoms with E-state index in [1.54, 1.807) is 0 Å². The van der Waals surface area contributed by atoms with Crippen LogP contribution in [0.25, 0.3) is 0 Å². The standard InChI is InChI=1S/C15H17NO2/c16-7-1-5-13-12-6-3-8-17-14(12)10-11-4-2-9-18-15(11)13/h10H,1-6,8-9H2. The van der Waals surface area contributed by atoms with Crippen LogP contribution >= 0.6 is 0 Å². The molecule has 3 heteroatoms. The predicted molar refractivity (Wildman–Crippen MR) is 68.0 cm³/mol. The average Bonchev–Trinajstić information content (AvgIpc) is 2.43. The fourth-order valence-electron chi connectivity index (χ4n) is 2.87. The molecule has 0 amide bonds. The van der Waals surface area contributed by atoms with Gasteiger partial charge in [-0.05, 0) is 43.7 Å². The largest absolute Gasteiger partial charge is 0.493 e. The highest BCUT2D eigenvalue weighted by Crippen LogP contribution is 2.40. The normalized spacial score (nSPS) is 16.8. The Balaban J connectivity index is 2.08. The lowest BCUT2D eigenvalue weighted by atomic mass is 9.91. The van der Waals surface area contributed by atoms with Gasteiger partial charge in [-0.2, -0.15) is 5.26 Å². The molecule has 0 fully saturated rings. The SMILES string of the molecule is N#CCCc1c2c(cc3c1OCCC3)OCCC2. The second-order valence-electron chi connectivity index (χ2n) is 4.88. The molecule has 0 saturated heterocycles. The van der Waals surface area contributed by atoms with Crippen molar-refractivity contribution in [1.82, 2.24) is 0 Å². The molecule has 0 aromatic heterocycles. The van der Waals surface area contributed by atoms with Crippen LogP contribution in [-0.2, 0) is 19.3 Å². The van der Waals surface area contributed by atoms with Gasteiger partial charge in [-0.3, -0.25) is 0 Å². The molecule has 0 saturated carbocycles. The zero-order valence-electron chi connectivity index (χ0n) is 10.5. The van der Waals surface area contributed by atoms with Crippen molar-refractivity contribution in [3.8, 4) is 17.6 Å². The molecule has 2 aliphatic heterocycles. The molecule has 0 spiro atoms. The number of hydrogen-bond acceptors (Lipinski definition) is 3. The average molecular weight is 243 g/mol. The first kappa shape index (κ1) is 11.4. The zero-order chi connectivity index (χ0) is 12.4. The van der Waals surface area contributed by atoms with Crippen molar-refractivity contribution >= 4 is 0 Å². The van der Waals surface area contributed by atoms with Crippen molar-refractivity contribution in [3.63, 3.8) is 0 Å². The summed E-state index contributed by atoms with van der Waals surface area (Å²) in [6.07, 6.45) is 5.57. The van der Waals surface area contributed by atoms with E-state index in [0.29, 0.717) is 6.42 Å². The number of ether oxygens (including phenoxy) is 2. The molecule has 0 unspecified atom stereocenters. The third-order valence-electron chi connectivity index (χ3n) is 3.69. The molecule has 1 aromatic carbocycles. The van der Waals surface area contributed by atoms with Crippen LogP contribution in [0.2, 0.25) is 0 Å². The highest BCUT2D eigenvalue weighted by atomic mass is 16.5. The third-order valence-corrected chi connectivity index (χ3v) is 3.69. The van der Waals surface area contributed by atoms with Crippen molar-refractivity contribution in [3.05, 3.63) is 22.8 Å². The summed E-state index contributed by atoms with van der Waals surface area (Å²) in [7, 11) is 0. The Hall–Kier alpha value is -1.69. The number of nitrogens with zero attached hydrogens (tertiary/aromatic N) is 1. The van der Waals surface area contributed by atoms with Gasteiger partial charge in [0.2, 0.25) is 0 Å². The minimum Gasteiger partial charge on any atom is -0.493 e. The molecule has 94 valence electrons. The molecule has 2 aliphatic rings. The van der Waals surface area contributed by atoms with Gasteiger partial charge in [0.1, 0.15) is 11.5 Å². The van der Waals surface area contributed by atoms with Gasteiger partial charge in [0.25, 0.3) is 0 Å². The van der Waals surface area contributed by atoms with Crippen molar-refractivity contribution in [2.24, 2.45) is 0 Å². The molecule has 0 radical (unpaired) electrons. The Kier molecular flexibility index (Phi) is 3.10. The fraction of sp³-hybridized carbons (Fsp3) is 0.533. The van der Waals surface area contributed by atoms with Crippen LogP contribution in [0.4, 0.5) is 0 Å². The lowest BCUT2D eigenvalue weighted by Gasteiger charge is -2.27. The number of nitriles is 1. The van der Waals surface area contributed by atoms with E-state index in [0.717, 1.165) is 56.8 Å². The first-order valence-electron chi connectivity index (χ1n) is 6.70. The Morgan fingerprint density at radius 2 is 2.00 bits per heavy atom. The van der Waals surface area contributed by atoms with Crippen LogP contribution in [-0.4, -0.2) is 13.2 Å². The van der Waals surface area contributed by atoms with E-state index in [1.807, 2.05) is 0 Å². The van der Waals surface area contributed by atoms with E-state index in [9.17, 15) is 0 Å². The summed E-state index contributed by atoms with van der Waals surface area (Å²) in [5.41, 5.74) is 3.76. The number of aryl methyl sites for hydroxylation is 1. The van der Waals surface area contributed by atoms with E-state index >= 15 is 0 Å². The van der Waals surface area contributed by atoms with Gasteiger partial charge in [0.05, 0.1) is 19.3 Å². The molecule has 18 heavy (non-hydrogen) atoms. The second kappa shape index (κ2) is 4.89. The van der Waals surface area contributed by atoms with Gasteiger partial charge in [-0.1, -0.05) is 0 Å². The van der Waals surface area contributed by atoms with Crippen molar-refractivity contribution in [2.45, 2.75) is 38.5 Å². The van der Waals surface area contributed by atoms with Gasteiger partial charge in [-0.25, -0.2) is 0 Å². The smallest absolute Gasteiger partial charge is 0.126 e. The monoisotopic (exact) mass is 243 g/mol. The third kappa shape index (κ3) is 1.92. The molecule has 2 heterocycles. The summed E-state index contributed by atoms with van der Waals surface area (Å²) in [6.45, 7) is 1.61. The van der Waals surface area contributed by atoms with Gasteiger partial charge < -0.3 is 9.47 Å². The molecule has 3 rings (SSSR count). The number of fused-ring (bicyclic) bond motifs is 2. The maximum Gasteiger partial charge on any atom is 0.126 e. The molecular formula is C15H17NO2. The minimum absolute atomic E-state index is 0.548. The lowest BCUT2D eigenvalue weighted by Crippen LogP contribution is -2.16. The van der Waals surface area contributed by atoms with Crippen LogP contribution in [0.15, 0.2) is 6.07 Å². The summed E-state index contributed by atoms with van der Waals surface area (Å²) < 4.78 is 11.6. The Bertz CT molecular complexity index is 468. The quantitative estimate of drug-likeness (QED) is 0.802. The van der Waals surface area contributed by atoms with Gasteiger partial charge in [0, 0.05) is 17.5 Å². The van der Waals surface area contributed by atoms with Gasteiger partial charge in [0.15, 0.2) is 0 Å². The molecule has 0 N–H and O–H groups in total. The summed E-state index contributed by atoms with van der Waals surface area (Å²) in [5, 5.41) is 8.81. The minimum atomic E-state index is 0.548. The number of hydrogen-bond donors (Lipinski definition) is 0. The van der Waals surface area contributed by atoms with Crippen molar-refractivity contribution in [1.29, 1.82) is 5.26 Å². The van der Waals surface area contributed by atoms with Crippen LogP contribution in [0.3, 0.4) is 0 Å². The van der Waals surface area contributed by atoms with Crippen LogP contribution < -0.4 is 9.47 Å². The van der Waals surface area contributed by atoms with E-state index in [-0.39, 0.29) is 0 Å². The van der Waals surface area contributed by atoms with Crippen molar-refractivity contribution < 1.29 is 9.47 Å². The fourth-order valence-corrected chi connectivity index (χ4v) is 2.87. The van der Waals surface area contributed by atoms with E-state index < -0.39 is 0 Å². The van der Waals surface area contributed by atoms with E-state index in [1.165, 1.54) is 16.7 Å². The first-order valence-corrected chi connectivity index (χ1v) is 6.70. The molecule has 0 aliphatic carbocycles. The van der Waals surface area contributed by atoms with Gasteiger partial charge >= 0.3 is 0 Å². The van der Waals surface area contributed by atoms with Crippen LogP contribution in [0, 0.1) is 11.3 Å². The highest BCUT2D eigenvalue weighted by Gasteiger charge is 2.23. The summed E-state index contributed by atoms with van der Waals surface area (Å²) >= 11 is 0. The van der Waals surface area contributed by atoms with Crippen LogP contribution in [0.1, 0.15) is 36.0 Å². The molecular weight excluding hydrogens is 226 g/mol. The summed E-state index contributed by atoms with van der Waals surface area (Å²) in [4.78, 5) is 0. The first-order chi connectivity index (χ1) is 8.90. The molecule has 3 nitrogen and oxygen atoms in total. The summed E-state index contributed by atoms with van der Waals surface area (Å²) in [6, 6.07) is 4.39. The van der Waals surface area contributed by atoms with E-state index in [2.05, 4.69) is 12.1 Å².